The van der Waals surface area contributed by atoms with Crippen LogP contribution in [0, 0.1) is 0 Å². The van der Waals surface area contributed by atoms with Gasteiger partial charge >= 0.3 is 0 Å². The molecule has 1 rings (SSSR count). The third kappa shape index (κ3) is 1.99. The lowest BCUT2D eigenvalue weighted by Crippen LogP contribution is -2.33. The van der Waals surface area contributed by atoms with E-state index in [1.54, 1.807) is 0 Å². The number of carbonyl (C=O) groups is 1. The van der Waals surface area contributed by atoms with Crippen molar-refractivity contribution in [1.82, 2.24) is 16.2 Å². The van der Waals surface area contributed by atoms with Crippen molar-refractivity contribution in [2.45, 2.75) is 19.5 Å². The molecule has 52 valence electrons. The summed E-state index contributed by atoms with van der Waals surface area (Å²) in [5.74, 6) is 0.00623. The Balaban J connectivity index is 2.12. The lowest BCUT2D eigenvalue weighted by atomic mass is 10.3. The Bertz CT molecular complexity index is 130. The zero-order valence-electron chi connectivity index (χ0n) is 5.62. The largest absolute Gasteiger partial charge is 0.353 e. The van der Waals surface area contributed by atoms with E-state index in [2.05, 4.69) is 16.2 Å². The molecule has 0 saturated carbocycles. The van der Waals surface area contributed by atoms with Gasteiger partial charge in [0.05, 0.1) is 6.54 Å². The fourth-order valence-electron chi connectivity index (χ4n) is 0.496. The number of hydrazine groups is 1. The van der Waals surface area contributed by atoms with E-state index < -0.39 is 0 Å². The molecule has 0 unspecified atom stereocenters. The van der Waals surface area contributed by atoms with Gasteiger partial charge in [-0.1, -0.05) is 0 Å². The SMILES string of the molecule is CC(=O)NCC1(C)NN1. The molecule has 0 spiro atoms. The Labute approximate surface area is 54.0 Å². The summed E-state index contributed by atoms with van der Waals surface area (Å²) in [5, 5.41) is 2.68. The van der Waals surface area contributed by atoms with Crippen LogP contribution in [0.1, 0.15) is 13.8 Å². The number of hydrogen-bond donors (Lipinski definition) is 3. The van der Waals surface area contributed by atoms with Gasteiger partial charge in [0.1, 0.15) is 5.66 Å². The van der Waals surface area contributed by atoms with E-state index in [1.165, 1.54) is 6.92 Å². The van der Waals surface area contributed by atoms with Crippen LogP contribution in [0.3, 0.4) is 0 Å². The fraction of sp³-hybridized carbons (Fsp3) is 0.800. The van der Waals surface area contributed by atoms with Gasteiger partial charge in [-0.2, -0.15) is 0 Å². The molecule has 0 aromatic carbocycles. The highest BCUT2D eigenvalue weighted by molar-refractivity contribution is 5.72. The smallest absolute Gasteiger partial charge is 0.216 e. The number of nitrogens with one attached hydrogen (secondary N) is 3. The van der Waals surface area contributed by atoms with E-state index in [0.717, 1.165) is 0 Å². The van der Waals surface area contributed by atoms with Gasteiger partial charge in [0.2, 0.25) is 5.91 Å². The molecule has 3 N–H and O–H groups in total. The quantitative estimate of drug-likeness (QED) is 0.416. The first-order chi connectivity index (χ1) is 4.12. The molecule has 1 aliphatic rings. The van der Waals surface area contributed by atoms with Crippen LogP contribution in [0.5, 0.6) is 0 Å². The fourth-order valence-corrected chi connectivity index (χ4v) is 0.496. The highest BCUT2D eigenvalue weighted by Crippen LogP contribution is 2.04. The van der Waals surface area contributed by atoms with Crippen molar-refractivity contribution in [2.75, 3.05) is 6.54 Å². The number of rotatable bonds is 2. The van der Waals surface area contributed by atoms with Gasteiger partial charge in [0.15, 0.2) is 0 Å². The maximum absolute atomic E-state index is 10.4. The van der Waals surface area contributed by atoms with Crippen LogP contribution >= 0.6 is 0 Å². The lowest BCUT2D eigenvalue weighted by Gasteiger charge is -2.03. The molecule has 9 heavy (non-hydrogen) atoms. The van der Waals surface area contributed by atoms with Crippen molar-refractivity contribution in [2.24, 2.45) is 0 Å². The predicted octanol–water partition coefficient (Wildman–Crippen LogP) is -1.05. The van der Waals surface area contributed by atoms with Gasteiger partial charge < -0.3 is 5.32 Å². The molecular formula is C5H11N3O. The summed E-state index contributed by atoms with van der Waals surface area (Å²) in [5.41, 5.74) is 5.75. The van der Waals surface area contributed by atoms with Gasteiger partial charge in [0, 0.05) is 6.92 Å². The Morgan fingerprint density at radius 3 is 2.56 bits per heavy atom. The molecule has 0 aromatic rings. The molecule has 4 nitrogen and oxygen atoms in total. The van der Waals surface area contributed by atoms with E-state index in [4.69, 9.17) is 0 Å². The molecule has 1 heterocycles. The maximum atomic E-state index is 10.4. The van der Waals surface area contributed by atoms with Gasteiger partial charge in [-0.25, -0.2) is 10.9 Å². The van der Waals surface area contributed by atoms with Crippen LogP contribution in [0.2, 0.25) is 0 Å². The second-order valence-electron chi connectivity index (χ2n) is 2.49. The summed E-state index contributed by atoms with van der Waals surface area (Å²) in [7, 11) is 0. The first-order valence-electron chi connectivity index (χ1n) is 2.91. The summed E-state index contributed by atoms with van der Waals surface area (Å²) < 4.78 is 0. The second kappa shape index (κ2) is 1.97. The van der Waals surface area contributed by atoms with Crippen molar-refractivity contribution in [3.63, 3.8) is 0 Å². The van der Waals surface area contributed by atoms with E-state index in [9.17, 15) is 4.79 Å². The van der Waals surface area contributed by atoms with E-state index in [0.29, 0.717) is 6.54 Å². The van der Waals surface area contributed by atoms with Crippen LogP contribution in [0.4, 0.5) is 0 Å². The summed E-state index contributed by atoms with van der Waals surface area (Å²) in [4.78, 5) is 10.4. The predicted molar refractivity (Wildman–Crippen MR) is 33.4 cm³/mol. The minimum Gasteiger partial charge on any atom is -0.353 e. The van der Waals surface area contributed by atoms with Crippen molar-refractivity contribution in [3.05, 3.63) is 0 Å². The minimum atomic E-state index is -0.0499. The molecule has 0 aliphatic carbocycles. The number of amides is 1. The normalized spacial score (nSPS) is 21.1. The number of hydrogen-bond acceptors (Lipinski definition) is 3. The Hall–Kier alpha value is -0.610. The average Bonchev–Trinajstić information content (AvgIpc) is 2.45. The molecular weight excluding hydrogens is 118 g/mol. The van der Waals surface area contributed by atoms with E-state index >= 15 is 0 Å². The third-order valence-corrected chi connectivity index (χ3v) is 1.24. The second-order valence-corrected chi connectivity index (χ2v) is 2.49. The van der Waals surface area contributed by atoms with E-state index in [1.807, 2.05) is 6.92 Å². The van der Waals surface area contributed by atoms with Crippen LogP contribution in [0.15, 0.2) is 0 Å². The molecule has 1 aliphatic heterocycles. The molecule has 4 heteroatoms. The zero-order valence-corrected chi connectivity index (χ0v) is 5.62. The van der Waals surface area contributed by atoms with Gasteiger partial charge in [-0.3, -0.25) is 4.79 Å². The van der Waals surface area contributed by atoms with Crippen molar-refractivity contribution >= 4 is 5.91 Å². The molecule has 0 aromatic heterocycles. The van der Waals surface area contributed by atoms with Gasteiger partial charge in [-0.05, 0) is 6.92 Å². The minimum absolute atomic E-state index is 0.00623. The Morgan fingerprint density at radius 1 is 1.67 bits per heavy atom. The van der Waals surface area contributed by atoms with Crippen molar-refractivity contribution in [3.8, 4) is 0 Å². The summed E-state index contributed by atoms with van der Waals surface area (Å²) >= 11 is 0. The maximum Gasteiger partial charge on any atom is 0.216 e. The standard InChI is InChI=1S/C5H11N3O/c1-4(9)6-3-5(2)7-8-5/h7-8H,3H2,1-2H3,(H,6,9). The lowest BCUT2D eigenvalue weighted by molar-refractivity contribution is -0.119. The highest BCUT2D eigenvalue weighted by Gasteiger charge is 2.35. The monoisotopic (exact) mass is 129 g/mol. The highest BCUT2D eigenvalue weighted by atomic mass is 16.1. The van der Waals surface area contributed by atoms with E-state index in [-0.39, 0.29) is 11.6 Å². The van der Waals surface area contributed by atoms with Crippen molar-refractivity contribution in [1.29, 1.82) is 0 Å². The van der Waals surface area contributed by atoms with Crippen molar-refractivity contribution < 1.29 is 4.79 Å². The first-order valence-corrected chi connectivity index (χ1v) is 2.91. The number of carbonyl (C=O) groups excluding carboxylic acids is 1. The summed E-state index contributed by atoms with van der Waals surface area (Å²) in [6.45, 7) is 4.12. The molecule has 1 fully saturated rings. The topological polar surface area (TPSA) is 73.0 Å². The Kier molecular flexibility index (Phi) is 1.42. The Morgan fingerprint density at radius 2 is 2.22 bits per heavy atom. The van der Waals surface area contributed by atoms with Crippen LogP contribution < -0.4 is 16.2 Å². The van der Waals surface area contributed by atoms with Crippen LogP contribution in [-0.2, 0) is 4.79 Å². The molecule has 0 atom stereocenters. The average molecular weight is 129 g/mol. The summed E-state index contributed by atoms with van der Waals surface area (Å²) in [6, 6.07) is 0. The molecule has 1 amide bonds. The third-order valence-electron chi connectivity index (χ3n) is 1.24. The van der Waals surface area contributed by atoms with Crippen LogP contribution in [0.25, 0.3) is 0 Å². The van der Waals surface area contributed by atoms with Gasteiger partial charge in [-0.15, -0.1) is 0 Å². The van der Waals surface area contributed by atoms with Gasteiger partial charge in [0.25, 0.3) is 0 Å². The molecule has 0 radical (unpaired) electrons. The molecule has 1 saturated heterocycles. The molecule has 0 bridgehead atoms. The van der Waals surface area contributed by atoms with Crippen LogP contribution in [-0.4, -0.2) is 18.1 Å². The summed E-state index contributed by atoms with van der Waals surface area (Å²) in [6.07, 6.45) is 0. The zero-order chi connectivity index (χ0) is 6.91. The first kappa shape index (κ1) is 6.51.